The van der Waals surface area contributed by atoms with Gasteiger partial charge in [0, 0.05) is 30.2 Å². The Morgan fingerprint density at radius 2 is 1.93 bits per heavy atom. The van der Waals surface area contributed by atoms with Crippen LogP contribution >= 0.6 is 0 Å². The van der Waals surface area contributed by atoms with Crippen LogP contribution in [0.15, 0.2) is 54.6 Å². The van der Waals surface area contributed by atoms with E-state index in [2.05, 4.69) is 34.4 Å². The summed E-state index contributed by atoms with van der Waals surface area (Å²) in [6, 6.07) is 16.4. The third-order valence-corrected chi connectivity index (χ3v) is 4.44. The molecule has 0 unspecified atom stereocenters. The molecule has 1 amide bonds. The summed E-state index contributed by atoms with van der Waals surface area (Å²) in [5.74, 6) is -0.503. The van der Waals surface area contributed by atoms with Gasteiger partial charge in [-0.1, -0.05) is 30.3 Å². The Balaban J connectivity index is 1.54. The summed E-state index contributed by atoms with van der Waals surface area (Å²) >= 11 is 0. The Morgan fingerprint density at radius 3 is 2.70 bits per heavy atom. The number of hydrogen-bond acceptors (Lipinski definition) is 3. The van der Waals surface area contributed by atoms with Crippen LogP contribution in [0.5, 0.6) is 0 Å². The average molecular weight is 365 g/mol. The molecule has 0 atom stereocenters. The van der Waals surface area contributed by atoms with Gasteiger partial charge in [0.05, 0.1) is 11.1 Å². The fraction of sp³-hybridized carbons (Fsp3) is 0.273. The normalized spacial score (nSPS) is 11.1. The first-order valence-electron chi connectivity index (χ1n) is 9.10. The topological polar surface area (TPSA) is 45.2 Å². The lowest BCUT2D eigenvalue weighted by atomic mass is 10.1. The van der Waals surface area contributed by atoms with E-state index >= 15 is 0 Å². The lowest BCUT2D eigenvalue weighted by molar-refractivity contribution is 0.0953. The van der Waals surface area contributed by atoms with E-state index in [4.69, 9.17) is 0 Å². The largest absolute Gasteiger partial charge is 0.352 e. The minimum atomic E-state index is -0.353. The van der Waals surface area contributed by atoms with Gasteiger partial charge in [0.15, 0.2) is 0 Å². The van der Waals surface area contributed by atoms with Crippen LogP contribution in [0.4, 0.5) is 4.39 Å². The highest BCUT2D eigenvalue weighted by Crippen LogP contribution is 2.19. The van der Waals surface area contributed by atoms with Crippen molar-refractivity contribution in [2.75, 3.05) is 20.1 Å². The van der Waals surface area contributed by atoms with Crippen molar-refractivity contribution in [3.8, 4) is 0 Å². The fourth-order valence-corrected chi connectivity index (χ4v) is 3.14. The number of hydrogen-bond donors (Lipinski definition) is 1. The van der Waals surface area contributed by atoms with Gasteiger partial charge < -0.3 is 10.2 Å². The fourth-order valence-electron chi connectivity index (χ4n) is 3.14. The van der Waals surface area contributed by atoms with Crippen molar-refractivity contribution in [1.29, 1.82) is 0 Å². The standard InChI is InChI=1S/C22H24FN3O/c1-16-13-20(19-10-9-18(23)14-21(19)25-16)22(27)24-11-6-12-26(2)15-17-7-4-3-5-8-17/h3-5,7-10,13-14H,6,11-12,15H2,1-2H3,(H,24,27). The highest BCUT2D eigenvalue weighted by molar-refractivity contribution is 6.06. The van der Waals surface area contributed by atoms with Gasteiger partial charge in [-0.3, -0.25) is 9.78 Å². The zero-order valence-electron chi connectivity index (χ0n) is 15.7. The summed E-state index contributed by atoms with van der Waals surface area (Å²) in [5.41, 5.74) is 3.01. The van der Waals surface area contributed by atoms with Crippen molar-refractivity contribution in [3.05, 3.63) is 77.2 Å². The molecule has 0 fully saturated rings. The Bertz CT molecular complexity index is 922. The third kappa shape index (κ3) is 5.11. The maximum Gasteiger partial charge on any atom is 0.252 e. The quantitative estimate of drug-likeness (QED) is 0.645. The van der Waals surface area contributed by atoms with Crippen molar-refractivity contribution < 1.29 is 9.18 Å². The van der Waals surface area contributed by atoms with Crippen molar-refractivity contribution in [2.45, 2.75) is 19.9 Å². The van der Waals surface area contributed by atoms with Crippen LogP contribution < -0.4 is 5.32 Å². The summed E-state index contributed by atoms with van der Waals surface area (Å²) in [6.07, 6.45) is 0.853. The maximum absolute atomic E-state index is 13.4. The number of carbonyl (C=O) groups excluding carboxylic acids is 1. The Kier molecular flexibility index (Phi) is 6.14. The third-order valence-electron chi connectivity index (χ3n) is 4.44. The molecular formula is C22H24FN3O. The number of benzene rings is 2. The summed E-state index contributed by atoms with van der Waals surface area (Å²) in [6.45, 7) is 4.16. The van der Waals surface area contributed by atoms with Crippen LogP contribution in [0.25, 0.3) is 10.9 Å². The first kappa shape index (κ1) is 19.0. The van der Waals surface area contributed by atoms with Crippen LogP contribution in [0.1, 0.15) is 28.0 Å². The van der Waals surface area contributed by atoms with E-state index < -0.39 is 0 Å². The second-order valence-electron chi connectivity index (χ2n) is 6.81. The number of aromatic nitrogens is 1. The number of aryl methyl sites for hydroxylation is 1. The lowest BCUT2D eigenvalue weighted by Crippen LogP contribution is -2.28. The van der Waals surface area contributed by atoms with E-state index in [0.717, 1.165) is 19.5 Å². The molecule has 3 aromatic rings. The number of carbonyl (C=O) groups is 1. The van der Waals surface area contributed by atoms with Gasteiger partial charge >= 0.3 is 0 Å². The number of pyridine rings is 1. The predicted molar refractivity (Wildman–Crippen MR) is 106 cm³/mol. The van der Waals surface area contributed by atoms with E-state index in [0.29, 0.717) is 28.7 Å². The zero-order chi connectivity index (χ0) is 19.2. The molecular weight excluding hydrogens is 341 g/mol. The maximum atomic E-state index is 13.4. The molecule has 1 N–H and O–H groups in total. The van der Waals surface area contributed by atoms with Gasteiger partial charge in [0.1, 0.15) is 5.82 Å². The Morgan fingerprint density at radius 1 is 1.15 bits per heavy atom. The molecule has 0 saturated carbocycles. The van der Waals surface area contributed by atoms with Gasteiger partial charge in [-0.2, -0.15) is 0 Å². The van der Waals surface area contributed by atoms with Gasteiger partial charge in [-0.05, 0) is 50.7 Å². The molecule has 1 heterocycles. The molecule has 4 nitrogen and oxygen atoms in total. The number of amides is 1. The SMILES string of the molecule is Cc1cc(C(=O)NCCCN(C)Cc2ccccc2)c2ccc(F)cc2n1. The number of halogens is 1. The highest BCUT2D eigenvalue weighted by atomic mass is 19.1. The molecule has 3 rings (SSSR count). The van der Waals surface area contributed by atoms with Gasteiger partial charge in [-0.15, -0.1) is 0 Å². The highest BCUT2D eigenvalue weighted by Gasteiger charge is 2.12. The number of nitrogens with zero attached hydrogens (tertiary/aromatic N) is 2. The van der Waals surface area contributed by atoms with E-state index in [1.165, 1.54) is 17.7 Å². The van der Waals surface area contributed by atoms with Crippen LogP contribution in [0.2, 0.25) is 0 Å². The van der Waals surface area contributed by atoms with Crippen LogP contribution in [-0.4, -0.2) is 35.9 Å². The molecule has 0 aliphatic carbocycles. The van der Waals surface area contributed by atoms with Gasteiger partial charge in [-0.25, -0.2) is 4.39 Å². The molecule has 1 aromatic heterocycles. The molecule has 0 spiro atoms. The van der Waals surface area contributed by atoms with E-state index in [9.17, 15) is 9.18 Å². The van der Waals surface area contributed by atoms with Gasteiger partial charge in [0.2, 0.25) is 0 Å². The zero-order valence-corrected chi connectivity index (χ0v) is 15.7. The molecule has 0 saturated heterocycles. The second kappa shape index (κ2) is 8.73. The van der Waals surface area contributed by atoms with Crippen LogP contribution in [-0.2, 0) is 6.54 Å². The van der Waals surface area contributed by atoms with E-state index in [1.54, 1.807) is 19.1 Å². The van der Waals surface area contributed by atoms with Gasteiger partial charge in [0.25, 0.3) is 5.91 Å². The monoisotopic (exact) mass is 365 g/mol. The van der Waals surface area contributed by atoms with Crippen molar-refractivity contribution >= 4 is 16.8 Å². The predicted octanol–water partition coefficient (Wildman–Crippen LogP) is 3.93. The molecule has 0 aliphatic heterocycles. The minimum absolute atomic E-state index is 0.150. The minimum Gasteiger partial charge on any atom is -0.352 e. The smallest absolute Gasteiger partial charge is 0.252 e. The Labute approximate surface area is 159 Å². The van der Waals surface area contributed by atoms with Crippen molar-refractivity contribution in [1.82, 2.24) is 15.2 Å². The van der Waals surface area contributed by atoms with Crippen LogP contribution in [0.3, 0.4) is 0 Å². The van der Waals surface area contributed by atoms with Crippen LogP contribution in [0, 0.1) is 12.7 Å². The number of rotatable bonds is 7. The summed E-state index contributed by atoms with van der Waals surface area (Å²) in [4.78, 5) is 19.1. The van der Waals surface area contributed by atoms with Crippen molar-refractivity contribution in [2.24, 2.45) is 0 Å². The summed E-state index contributed by atoms with van der Waals surface area (Å²) in [7, 11) is 2.07. The first-order valence-corrected chi connectivity index (χ1v) is 9.10. The summed E-state index contributed by atoms with van der Waals surface area (Å²) in [5, 5.41) is 3.63. The molecule has 140 valence electrons. The second-order valence-corrected chi connectivity index (χ2v) is 6.81. The molecule has 0 radical (unpaired) electrons. The lowest BCUT2D eigenvalue weighted by Gasteiger charge is -2.17. The van der Waals surface area contributed by atoms with E-state index in [1.807, 2.05) is 18.2 Å². The first-order chi connectivity index (χ1) is 13.0. The average Bonchev–Trinajstić information content (AvgIpc) is 2.64. The molecule has 2 aromatic carbocycles. The van der Waals surface area contributed by atoms with Crippen molar-refractivity contribution in [3.63, 3.8) is 0 Å². The Hall–Kier alpha value is -2.79. The molecule has 0 aliphatic rings. The van der Waals surface area contributed by atoms with E-state index in [-0.39, 0.29) is 11.7 Å². The molecule has 5 heteroatoms. The number of nitrogens with one attached hydrogen (secondary N) is 1. The number of fused-ring (bicyclic) bond motifs is 1. The molecule has 27 heavy (non-hydrogen) atoms. The summed E-state index contributed by atoms with van der Waals surface area (Å²) < 4.78 is 13.4. The molecule has 0 bridgehead atoms.